The van der Waals surface area contributed by atoms with E-state index < -0.39 is 6.89 Å². The number of ketones is 1. The fourth-order valence-corrected chi connectivity index (χ4v) is 9.94. The Morgan fingerprint density at radius 2 is 1.13 bits per heavy atom. The predicted octanol–water partition coefficient (Wildman–Crippen LogP) is 6.49. The van der Waals surface area contributed by atoms with Crippen LogP contribution in [0.4, 0.5) is 0 Å². The zero-order valence-electron chi connectivity index (χ0n) is 21.1. The van der Waals surface area contributed by atoms with Crippen molar-refractivity contribution in [2.75, 3.05) is 7.11 Å². The van der Waals surface area contributed by atoms with E-state index in [0.717, 1.165) is 27.7 Å². The molecule has 0 saturated carbocycles. The summed E-state index contributed by atoms with van der Waals surface area (Å²) in [5.41, 5.74) is 3.95. The Hall–Kier alpha value is -4.39. The first-order valence-electron chi connectivity index (χ1n) is 12.7. The van der Waals surface area contributed by atoms with Crippen LogP contribution in [-0.2, 0) is 0 Å². The van der Waals surface area contributed by atoms with Crippen LogP contribution in [0.5, 0.6) is 5.75 Å². The number of carbonyl (C=O) groups excluding carboxylic acids is 1. The molecule has 184 valence electrons. The summed E-state index contributed by atoms with van der Waals surface area (Å²) in [7, 11) is 1.67. The van der Waals surface area contributed by atoms with E-state index in [0.29, 0.717) is 5.56 Å². The second kappa shape index (κ2) is 10.2. The van der Waals surface area contributed by atoms with Gasteiger partial charge in [0.1, 0.15) is 5.75 Å². The van der Waals surface area contributed by atoms with Crippen LogP contribution in [0.2, 0.25) is 0 Å². The molecular formula is C35H27O2P. The minimum atomic E-state index is -2.52. The Morgan fingerprint density at radius 3 is 1.71 bits per heavy atom. The quantitative estimate of drug-likeness (QED) is 0.193. The Labute approximate surface area is 223 Å². The molecule has 0 radical (unpaired) electrons. The number of Topliss-reactive ketones (excluding diaryl/α,β-unsaturated/α-hetero) is 1. The van der Waals surface area contributed by atoms with Crippen molar-refractivity contribution in [1.29, 1.82) is 0 Å². The first kappa shape index (κ1) is 24.0. The van der Waals surface area contributed by atoms with Crippen LogP contribution in [0.15, 0.2) is 146 Å². The van der Waals surface area contributed by atoms with Crippen molar-refractivity contribution in [2.45, 2.75) is 0 Å². The fourth-order valence-electron chi connectivity index (χ4n) is 5.41. The van der Waals surface area contributed by atoms with Crippen LogP contribution in [0.1, 0.15) is 21.5 Å². The predicted molar refractivity (Wildman–Crippen MR) is 161 cm³/mol. The number of allylic oxidation sites excluding steroid dienone is 1. The Kier molecular flexibility index (Phi) is 6.42. The molecule has 0 fully saturated rings. The highest BCUT2D eigenvalue weighted by atomic mass is 31.2. The average Bonchev–Trinajstić information content (AvgIpc) is 3.01. The number of carbonyl (C=O) groups is 1. The van der Waals surface area contributed by atoms with Crippen molar-refractivity contribution in [3.8, 4) is 5.75 Å². The van der Waals surface area contributed by atoms with E-state index in [9.17, 15) is 4.79 Å². The van der Waals surface area contributed by atoms with Crippen LogP contribution < -0.4 is 20.7 Å². The summed E-state index contributed by atoms with van der Waals surface area (Å²) in [5.74, 6) is 0.866. The molecule has 1 aliphatic heterocycles. The van der Waals surface area contributed by atoms with Gasteiger partial charge in [-0.05, 0) is 57.7 Å². The fraction of sp³-hybridized carbons (Fsp3) is 0.0286. The Morgan fingerprint density at radius 1 is 0.605 bits per heavy atom. The van der Waals surface area contributed by atoms with Crippen LogP contribution in [0.25, 0.3) is 5.57 Å². The smallest absolute Gasteiger partial charge is 0.194 e. The van der Waals surface area contributed by atoms with Gasteiger partial charge in [0.05, 0.1) is 7.11 Å². The van der Waals surface area contributed by atoms with Gasteiger partial charge in [0.25, 0.3) is 0 Å². The standard InChI is InChI=1S/C35H27O2P/c1-37-28-23-21-26(22-24-28)32-25-34(35(36)27-13-5-2-6-14-27)38(29-15-7-3-8-16-29,30-17-9-4-10-18-30)33-20-12-11-19-31(32)33/h2-25H,1H3. The molecule has 1 aliphatic rings. The van der Waals surface area contributed by atoms with Gasteiger partial charge in [-0.1, -0.05) is 127 Å². The van der Waals surface area contributed by atoms with Gasteiger partial charge in [0.2, 0.25) is 0 Å². The summed E-state index contributed by atoms with van der Waals surface area (Å²) in [6.45, 7) is -2.52. The number of ether oxygens (including phenoxy) is 1. The van der Waals surface area contributed by atoms with Crippen LogP contribution in [0.3, 0.4) is 0 Å². The maximum absolute atomic E-state index is 14.6. The monoisotopic (exact) mass is 510 g/mol. The van der Waals surface area contributed by atoms with Crippen molar-refractivity contribution in [3.63, 3.8) is 0 Å². The van der Waals surface area contributed by atoms with Crippen molar-refractivity contribution < 1.29 is 9.53 Å². The summed E-state index contributed by atoms with van der Waals surface area (Å²) in [4.78, 5) is 14.6. The number of rotatable bonds is 6. The zero-order chi connectivity index (χ0) is 26.0. The second-order valence-electron chi connectivity index (χ2n) is 9.23. The molecule has 0 atom stereocenters. The molecule has 6 rings (SSSR count). The number of hydrogen-bond donors (Lipinski definition) is 0. The number of fused-ring (bicyclic) bond motifs is 1. The molecule has 1 heterocycles. The van der Waals surface area contributed by atoms with E-state index in [4.69, 9.17) is 4.74 Å². The van der Waals surface area contributed by atoms with Crippen molar-refractivity contribution >= 4 is 39.4 Å². The van der Waals surface area contributed by atoms with Gasteiger partial charge in [-0.2, -0.15) is 0 Å². The SMILES string of the molecule is COc1ccc(C2=CC(C(=O)c3ccccc3)=P(c3ccccc3)(c3ccccc3)c3ccccc32)cc1. The van der Waals surface area contributed by atoms with Gasteiger partial charge in [-0.3, -0.25) is 4.79 Å². The summed E-state index contributed by atoms with van der Waals surface area (Å²) < 4.78 is 5.42. The molecule has 0 aromatic heterocycles. The molecule has 38 heavy (non-hydrogen) atoms. The van der Waals surface area contributed by atoms with Crippen molar-refractivity contribution in [2.24, 2.45) is 0 Å². The molecule has 2 nitrogen and oxygen atoms in total. The maximum Gasteiger partial charge on any atom is 0.194 e. The number of hydrogen-bond acceptors (Lipinski definition) is 2. The van der Waals surface area contributed by atoms with E-state index >= 15 is 0 Å². The Balaban J connectivity index is 1.80. The lowest BCUT2D eigenvalue weighted by atomic mass is 9.95. The van der Waals surface area contributed by atoms with E-state index in [1.807, 2.05) is 54.6 Å². The number of methoxy groups -OCH3 is 1. The molecule has 0 unspecified atom stereocenters. The molecule has 0 aliphatic carbocycles. The first-order chi connectivity index (χ1) is 18.7. The molecule has 5 aromatic carbocycles. The lowest BCUT2D eigenvalue weighted by molar-refractivity contribution is 0.106. The third kappa shape index (κ3) is 3.95. The van der Waals surface area contributed by atoms with Gasteiger partial charge < -0.3 is 4.74 Å². The highest BCUT2D eigenvalue weighted by molar-refractivity contribution is 7.97. The lowest BCUT2D eigenvalue weighted by Crippen LogP contribution is -2.36. The molecule has 3 heteroatoms. The van der Waals surface area contributed by atoms with Gasteiger partial charge in [-0.15, -0.1) is 0 Å². The third-order valence-electron chi connectivity index (χ3n) is 7.15. The van der Waals surface area contributed by atoms with Gasteiger partial charge >= 0.3 is 0 Å². The second-order valence-corrected chi connectivity index (χ2v) is 12.6. The first-order valence-corrected chi connectivity index (χ1v) is 14.5. The molecule has 0 amide bonds. The summed E-state index contributed by atoms with van der Waals surface area (Å²) >= 11 is 0. The van der Waals surface area contributed by atoms with Crippen LogP contribution in [-0.4, -0.2) is 18.2 Å². The topological polar surface area (TPSA) is 26.3 Å². The number of benzene rings is 5. The lowest BCUT2D eigenvalue weighted by Gasteiger charge is -2.36. The minimum absolute atomic E-state index is 0.0622. The largest absolute Gasteiger partial charge is 0.497 e. The van der Waals surface area contributed by atoms with E-state index in [1.165, 1.54) is 15.9 Å². The van der Waals surface area contributed by atoms with Gasteiger partial charge in [0, 0.05) is 10.9 Å². The van der Waals surface area contributed by atoms with Crippen LogP contribution >= 0.6 is 6.89 Å². The summed E-state index contributed by atoms with van der Waals surface area (Å²) in [5, 5.41) is 4.38. The van der Waals surface area contributed by atoms with Crippen molar-refractivity contribution in [1.82, 2.24) is 0 Å². The minimum Gasteiger partial charge on any atom is -0.497 e. The molecular weight excluding hydrogens is 483 g/mol. The molecule has 0 saturated heterocycles. The third-order valence-corrected chi connectivity index (χ3v) is 11.5. The maximum atomic E-state index is 14.6. The summed E-state index contributed by atoms with van der Waals surface area (Å²) in [6.07, 6.45) is 2.16. The molecule has 0 bridgehead atoms. The summed E-state index contributed by atoms with van der Waals surface area (Å²) in [6, 6.07) is 47.5. The van der Waals surface area contributed by atoms with Crippen molar-refractivity contribution in [3.05, 3.63) is 162 Å². The molecule has 0 spiro atoms. The van der Waals surface area contributed by atoms with Gasteiger partial charge in [0.15, 0.2) is 5.78 Å². The van der Waals surface area contributed by atoms with Crippen LogP contribution in [0, 0.1) is 0 Å². The Bertz CT molecular complexity index is 1640. The van der Waals surface area contributed by atoms with E-state index in [-0.39, 0.29) is 5.78 Å². The van der Waals surface area contributed by atoms with Gasteiger partial charge in [-0.25, -0.2) is 0 Å². The highest BCUT2D eigenvalue weighted by Gasteiger charge is 2.37. The highest BCUT2D eigenvalue weighted by Crippen LogP contribution is 2.52. The average molecular weight is 511 g/mol. The molecule has 0 N–H and O–H groups in total. The normalized spacial score (nSPS) is 13.8. The molecule has 5 aromatic rings. The van der Waals surface area contributed by atoms with E-state index in [1.54, 1.807) is 7.11 Å². The zero-order valence-corrected chi connectivity index (χ0v) is 22.0. The van der Waals surface area contributed by atoms with E-state index in [2.05, 4.69) is 91.0 Å².